The highest BCUT2D eigenvalue weighted by atomic mass is 32.1. The molecule has 13 atom stereocenters. The van der Waals surface area contributed by atoms with Crippen LogP contribution in [0.2, 0.25) is 0 Å². The van der Waals surface area contributed by atoms with Crippen LogP contribution in [0.25, 0.3) is 42.1 Å². The molecule has 12 rings (SSSR count). The summed E-state index contributed by atoms with van der Waals surface area (Å²) in [6.45, 7) is 0. The van der Waals surface area contributed by atoms with Crippen molar-refractivity contribution in [3.05, 3.63) is 84.4 Å². The third kappa shape index (κ3) is 5.10. The van der Waals surface area contributed by atoms with Gasteiger partial charge in [0.25, 0.3) is 0 Å². The molecule has 7 aliphatic rings. The van der Waals surface area contributed by atoms with Gasteiger partial charge in [0.2, 0.25) is 0 Å². The van der Waals surface area contributed by atoms with Crippen LogP contribution in [0.5, 0.6) is 0 Å². The molecule has 1 aromatic heterocycles. The van der Waals surface area contributed by atoms with Crippen molar-refractivity contribution in [1.29, 1.82) is 0 Å². The van der Waals surface area contributed by atoms with Crippen LogP contribution < -0.4 is 0 Å². The van der Waals surface area contributed by atoms with Gasteiger partial charge in [-0.15, -0.1) is 11.3 Å². The maximum Gasteiger partial charge on any atom is 0.0434 e. The lowest BCUT2D eigenvalue weighted by Gasteiger charge is -2.65. The second-order valence-corrected chi connectivity index (χ2v) is 20.9. The first-order chi connectivity index (χ1) is 26.3. The van der Waals surface area contributed by atoms with Gasteiger partial charge < -0.3 is 0 Å². The maximum atomic E-state index is 2.64. The van der Waals surface area contributed by atoms with Gasteiger partial charge in [-0.2, -0.15) is 0 Å². The minimum absolute atomic E-state index is 0.734. The number of thiophene rings is 1. The van der Waals surface area contributed by atoms with E-state index in [-0.39, 0.29) is 0 Å². The quantitative estimate of drug-likeness (QED) is 0.171. The molecule has 274 valence electrons. The topological polar surface area (TPSA) is 0 Å². The SMILES string of the molecule is c1cc(-c2cccc3c2sc2c4ccccc4ccc32)cc(C2CCC3C(C2)C2CCCCC2C2CC4C5CCCCC5C5CCCCC5C4CC32)c1. The van der Waals surface area contributed by atoms with Crippen LogP contribution in [-0.2, 0) is 0 Å². The average Bonchev–Trinajstić information content (AvgIpc) is 3.63. The fourth-order valence-corrected chi connectivity index (χ4v) is 17.7. The van der Waals surface area contributed by atoms with E-state index in [0.717, 1.165) is 76.9 Å². The first-order valence-electron chi connectivity index (χ1n) is 22.7. The summed E-state index contributed by atoms with van der Waals surface area (Å²) in [7, 11) is 0. The van der Waals surface area contributed by atoms with Crippen molar-refractivity contribution < 1.29 is 0 Å². The van der Waals surface area contributed by atoms with Crippen molar-refractivity contribution in [2.75, 3.05) is 0 Å². The van der Waals surface area contributed by atoms with Crippen LogP contribution in [0.4, 0.5) is 0 Å². The van der Waals surface area contributed by atoms with Crippen molar-refractivity contribution in [2.24, 2.45) is 71.0 Å². The lowest BCUT2D eigenvalue weighted by molar-refractivity contribution is -0.155. The number of benzene rings is 4. The summed E-state index contributed by atoms with van der Waals surface area (Å²) in [5, 5.41) is 5.58. The Kier molecular flexibility index (Phi) is 7.97. The van der Waals surface area contributed by atoms with Gasteiger partial charge in [-0.3, -0.25) is 0 Å². The van der Waals surface area contributed by atoms with Crippen LogP contribution in [0.1, 0.15) is 121 Å². The van der Waals surface area contributed by atoms with Gasteiger partial charge >= 0.3 is 0 Å². The van der Waals surface area contributed by atoms with Crippen LogP contribution in [0.3, 0.4) is 0 Å². The Balaban J connectivity index is 0.859. The normalized spacial score (nSPS) is 39.4. The predicted molar refractivity (Wildman–Crippen MR) is 225 cm³/mol. The minimum atomic E-state index is 0.734. The number of hydrogen-bond acceptors (Lipinski definition) is 1. The fourth-order valence-electron chi connectivity index (χ4n) is 16.3. The standard InChI is InChI=1S/C52H60S/c1-2-14-35-31(11-1)23-26-45-44-22-10-21-36(52(44)53-51(35)45)34-13-9-12-32(27-34)33-24-25-43-46(28-33)41-19-7-8-20-42(41)49-29-47-39-17-5-3-15-37(39)38-16-4-6-18-40(38)48(47)30-50(43)49/h1-2,9-14,21-23,26-27,33,37-43,46-50H,3-8,15-20,24-25,28-30H2. The number of fused-ring (bicyclic) bond motifs is 17. The Bertz CT molecular complexity index is 2150. The van der Waals surface area contributed by atoms with Gasteiger partial charge in [0.1, 0.15) is 0 Å². The van der Waals surface area contributed by atoms with E-state index in [2.05, 4.69) is 78.9 Å². The molecular weight excluding hydrogens is 657 g/mol. The molecule has 0 radical (unpaired) electrons. The summed E-state index contributed by atoms with van der Waals surface area (Å²) in [6.07, 6.45) is 26.4. The van der Waals surface area contributed by atoms with Crippen molar-refractivity contribution >= 4 is 42.3 Å². The molecule has 7 fully saturated rings. The van der Waals surface area contributed by atoms with E-state index >= 15 is 0 Å². The van der Waals surface area contributed by atoms with E-state index < -0.39 is 0 Å². The van der Waals surface area contributed by atoms with Gasteiger partial charge in [0.15, 0.2) is 0 Å². The first-order valence-corrected chi connectivity index (χ1v) is 23.5. The predicted octanol–water partition coefficient (Wildman–Crippen LogP) is 15.1. The highest BCUT2D eigenvalue weighted by Crippen LogP contribution is 2.67. The monoisotopic (exact) mass is 716 g/mol. The van der Waals surface area contributed by atoms with Crippen molar-refractivity contribution in [1.82, 2.24) is 0 Å². The molecule has 0 aliphatic heterocycles. The molecule has 1 heterocycles. The second-order valence-electron chi connectivity index (χ2n) is 19.9. The molecule has 53 heavy (non-hydrogen) atoms. The van der Waals surface area contributed by atoms with Gasteiger partial charge in [0.05, 0.1) is 0 Å². The Labute approximate surface area is 322 Å². The van der Waals surface area contributed by atoms with Crippen molar-refractivity contribution in [3.63, 3.8) is 0 Å². The van der Waals surface area contributed by atoms with E-state index in [1.165, 1.54) is 74.2 Å². The van der Waals surface area contributed by atoms with Crippen LogP contribution in [-0.4, -0.2) is 0 Å². The third-order valence-corrected chi connectivity index (χ3v) is 19.4. The van der Waals surface area contributed by atoms with E-state index in [1.54, 1.807) is 82.6 Å². The summed E-state index contributed by atoms with van der Waals surface area (Å²) in [5.74, 6) is 13.5. The zero-order valence-corrected chi connectivity index (χ0v) is 32.8. The largest absolute Gasteiger partial charge is 0.134 e. The Morgan fingerprint density at radius 1 is 0.377 bits per heavy atom. The summed E-state index contributed by atoms with van der Waals surface area (Å²) in [4.78, 5) is 0. The second kappa shape index (κ2) is 13.0. The highest BCUT2D eigenvalue weighted by molar-refractivity contribution is 7.27. The molecule has 1 heteroatoms. The van der Waals surface area contributed by atoms with E-state index in [9.17, 15) is 0 Å². The van der Waals surface area contributed by atoms with Crippen molar-refractivity contribution in [3.8, 4) is 11.1 Å². The van der Waals surface area contributed by atoms with Gasteiger partial charge in [-0.1, -0.05) is 117 Å². The van der Waals surface area contributed by atoms with Crippen LogP contribution >= 0.6 is 11.3 Å². The zero-order chi connectivity index (χ0) is 34.6. The van der Waals surface area contributed by atoms with Gasteiger partial charge in [-0.25, -0.2) is 0 Å². The molecule has 0 nitrogen and oxygen atoms in total. The molecule has 7 aliphatic carbocycles. The molecular formula is C52H60S. The number of rotatable bonds is 2. The molecule has 5 aromatic rings. The number of hydrogen-bond donors (Lipinski definition) is 0. The summed E-state index contributed by atoms with van der Waals surface area (Å²) in [5.41, 5.74) is 4.51. The first kappa shape index (κ1) is 32.6. The molecule has 7 saturated carbocycles. The Morgan fingerprint density at radius 3 is 1.57 bits per heavy atom. The Hall–Kier alpha value is -2.64. The zero-order valence-electron chi connectivity index (χ0n) is 31.9. The summed E-state index contributed by atoms with van der Waals surface area (Å²) >= 11 is 2.01. The fraction of sp³-hybridized carbons (Fsp3) is 0.577. The molecule has 0 bridgehead atoms. The van der Waals surface area contributed by atoms with E-state index in [0.29, 0.717) is 0 Å². The average molecular weight is 717 g/mol. The smallest absolute Gasteiger partial charge is 0.0434 e. The summed E-state index contributed by atoms with van der Waals surface area (Å²) in [6, 6.07) is 30.7. The molecule has 0 saturated heterocycles. The third-order valence-electron chi connectivity index (χ3n) is 18.1. The Morgan fingerprint density at radius 2 is 0.906 bits per heavy atom. The molecule has 0 amide bonds. The van der Waals surface area contributed by atoms with E-state index in [1.807, 2.05) is 11.3 Å². The molecule has 13 unspecified atom stereocenters. The maximum absolute atomic E-state index is 2.64. The van der Waals surface area contributed by atoms with Gasteiger partial charge in [0, 0.05) is 20.2 Å². The van der Waals surface area contributed by atoms with Crippen LogP contribution in [0, 0.1) is 71.0 Å². The molecule has 4 aromatic carbocycles. The molecule has 0 spiro atoms. The lowest BCUT2D eigenvalue weighted by atomic mass is 9.40. The highest BCUT2D eigenvalue weighted by Gasteiger charge is 2.59. The minimum Gasteiger partial charge on any atom is -0.134 e. The molecule has 0 N–H and O–H groups in total. The van der Waals surface area contributed by atoms with Crippen molar-refractivity contribution in [2.45, 2.75) is 115 Å². The van der Waals surface area contributed by atoms with Gasteiger partial charge in [-0.05, 0) is 175 Å². The lowest BCUT2D eigenvalue weighted by Crippen LogP contribution is -2.57. The van der Waals surface area contributed by atoms with Crippen LogP contribution in [0.15, 0.2) is 78.9 Å². The summed E-state index contributed by atoms with van der Waals surface area (Å²) < 4.78 is 2.90. The van der Waals surface area contributed by atoms with E-state index in [4.69, 9.17) is 0 Å².